The molecule has 3 aromatic rings. The Morgan fingerprint density at radius 2 is 2.17 bits per heavy atom. The summed E-state index contributed by atoms with van der Waals surface area (Å²) in [6.07, 6.45) is 9.87. The van der Waals surface area contributed by atoms with Crippen molar-refractivity contribution in [2.24, 2.45) is 0 Å². The summed E-state index contributed by atoms with van der Waals surface area (Å²) in [4.78, 5) is 20.5. The van der Waals surface area contributed by atoms with Gasteiger partial charge in [-0.2, -0.15) is 0 Å². The molecule has 0 saturated heterocycles. The highest BCUT2D eigenvalue weighted by Crippen LogP contribution is 2.30. The van der Waals surface area contributed by atoms with E-state index in [0.717, 1.165) is 42.3 Å². The van der Waals surface area contributed by atoms with Crippen LogP contribution in [0.3, 0.4) is 0 Å². The van der Waals surface area contributed by atoms with E-state index in [4.69, 9.17) is 9.84 Å². The fourth-order valence-corrected chi connectivity index (χ4v) is 4.18. The normalized spacial score (nSPS) is 20.4. The van der Waals surface area contributed by atoms with E-state index in [1.54, 1.807) is 25.6 Å². The minimum atomic E-state index is -0.651. The standard InChI is InChI=1S/C22H28N4O4/c1-14(28)20-12-24-21-18(20)10-16(26-7-6-23-13-26)11-19(21)22(29)25-15-2-4-17(5-3-15)30-9-8-27/h6-7,10-15,17,24,27-28H,2-5,8-9H2,1H3,(H,25,29). The van der Waals surface area contributed by atoms with Gasteiger partial charge in [0, 0.05) is 41.3 Å². The molecule has 1 fully saturated rings. The van der Waals surface area contributed by atoms with Gasteiger partial charge in [0.25, 0.3) is 5.91 Å². The molecule has 0 radical (unpaired) electrons. The van der Waals surface area contributed by atoms with Crippen LogP contribution < -0.4 is 5.32 Å². The summed E-state index contributed by atoms with van der Waals surface area (Å²) in [5.74, 6) is -0.138. The smallest absolute Gasteiger partial charge is 0.253 e. The molecule has 1 aliphatic carbocycles. The second-order valence-corrected chi connectivity index (χ2v) is 7.85. The average molecular weight is 412 g/mol. The highest BCUT2D eigenvalue weighted by molar-refractivity contribution is 6.07. The molecular formula is C22H28N4O4. The summed E-state index contributed by atoms with van der Waals surface area (Å²) >= 11 is 0. The topological polar surface area (TPSA) is 112 Å². The SMILES string of the molecule is CC(O)c1c[nH]c2c(C(=O)NC3CCC(OCCO)CC3)cc(-n3ccnc3)cc12. The molecule has 0 spiro atoms. The van der Waals surface area contributed by atoms with Gasteiger partial charge in [-0.3, -0.25) is 4.79 Å². The maximum Gasteiger partial charge on any atom is 0.253 e. The van der Waals surface area contributed by atoms with E-state index in [-0.39, 0.29) is 24.7 Å². The first-order valence-electron chi connectivity index (χ1n) is 10.4. The Kier molecular flexibility index (Phi) is 6.17. The van der Waals surface area contributed by atoms with Gasteiger partial charge in [0.05, 0.1) is 42.8 Å². The van der Waals surface area contributed by atoms with Gasteiger partial charge in [-0.15, -0.1) is 0 Å². The number of carbonyl (C=O) groups is 1. The Labute approximate surface area is 174 Å². The molecule has 4 N–H and O–H groups in total. The van der Waals surface area contributed by atoms with Crippen molar-refractivity contribution in [1.29, 1.82) is 0 Å². The third-order valence-electron chi connectivity index (χ3n) is 5.76. The minimum Gasteiger partial charge on any atom is -0.394 e. The molecule has 8 nitrogen and oxygen atoms in total. The van der Waals surface area contributed by atoms with E-state index in [1.807, 2.05) is 22.9 Å². The molecular weight excluding hydrogens is 384 g/mol. The zero-order valence-electron chi connectivity index (χ0n) is 17.0. The molecule has 2 aromatic heterocycles. The van der Waals surface area contributed by atoms with Crippen molar-refractivity contribution in [3.05, 3.63) is 48.2 Å². The van der Waals surface area contributed by atoms with Crippen LogP contribution in [0.5, 0.6) is 0 Å². The van der Waals surface area contributed by atoms with E-state index >= 15 is 0 Å². The average Bonchev–Trinajstić information content (AvgIpc) is 3.42. The predicted octanol–water partition coefficient (Wildman–Crippen LogP) is 2.46. The van der Waals surface area contributed by atoms with Gasteiger partial charge < -0.3 is 29.8 Å². The molecule has 30 heavy (non-hydrogen) atoms. The lowest BCUT2D eigenvalue weighted by molar-refractivity contribution is 0.00426. The van der Waals surface area contributed by atoms with E-state index in [9.17, 15) is 9.90 Å². The Balaban J connectivity index is 1.58. The van der Waals surface area contributed by atoms with E-state index in [2.05, 4.69) is 15.3 Å². The quantitative estimate of drug-likeness (QED) is 0.476. The van der Waals surface area contributed by atoms with Crippen molar-refractivity contribution in [3.63, 3.8) is 0 Å². The second-order valence-electron chi connectivity index (χ2n) is 7.85. The summed E-state index contributed by atoms with van der Waals surface area (Å²) in [6, 6.07) is 3.89. The summed E-state index contributed by atoms with van der Waals surface area (Å²) < 4.78 is 7.46. The van der Waals surface area contributed by atoms with Crippen LogP contribution >= 0.6 is 0 Å². The first-order valence-corrected chi connectivity index (χ1v) is 10.4. The predicted molar refractivity (Wildman–Crippen MR) is 113 cm³/mol. The van der Waals surface area contributed by atoms with Crippen molar-refractivity contribution in [2.45, 2.75) is 50.9 Å². The van der Waals surface area contributed by atoms with Crippen molar-refractivity contribution >= 4 is 16.8 Å². The number of ether oxygens (including phenoxy) is 1. The van der Waals surface area contributed by atoms with Crippen LogP contribution in [0.1, 0.15) is 54.6 Å². The maximum atomic E-state index is 13.2. The number of nitrogens with zero attached hydrogens (tertiary/aromatic N) is 2. The minimum absolute atomic E-state index is 0.0323. The molecule has 0 bridgehead atoms. The van der Waals surface area contributed by atoms with Crippen molar-refractivity contribution in [3.8, 4) is 5.69 Å². The Hall–Kier alpha value is -2.68. The Bertz CT molecular complexity index is 988. The fourth-order valence-electron chi connectivity index (χ4n) is 4.18. The third kappa shape index (κ3) is 4.26. The number of aliphatic hydroxyl groups is 2. The molecule has 1 saturated carbocycles. The number of fused-ring (bicyclic) bond motifs is 1. The number of benzene rings is 1. The number of hydrogen-bond donors (Lipinski definition) is 4. The lowest BCUT2D eigenvalue weighted by Gasteiger charge is -2.29. The van der Waals surface area contributed by atoms with E-state index < -0.39 is 6.10 Å². The van der Waals surface area contributed by atoms with Gasteiger partial charge in [0.1, 0.15) is 0 Å². The number of aromatic nitrogens is 3. The molecule has 2 heterocycles. The van der Waals surface area contributed by atoms with Crippen LogP contribution in [-0.2, 0) is 4.74 Å². The van der Waals surface area contributed by atoms with Crippen molar-refractivity contribution in [1.82, 2.24) is 19.9 Å². The maximum absolute atomic E-state index is 13.2. The number of hydrogen-bond acceptors (Lipinski definition) is 5. The highest BCUT2D eigenvalue weighted by Gasteiger charge is 2.25. The van der Waals surface area contributed by atoms with Gasteiger partial charge in [0.2, 0.25) is 0 Å². The van der Waals surface area contributed by atoms with Crippen LogP contribution in [0, 0.1) is 0 Å². The zero-order valence-corrected chi connectivity index (χ0v) is 17.0. The molecule has 1 amide bonds. The van der Waals surface area contributed by atoms with Crippen molar-refractivity contribution < 1.29 is 19.7 Å². The van der Waals surface area contributed by atoms with Gasteiger partial charge in [-0.1, -0.05) is 0 Å². The first kappa shape index (κ1) is 20.6. The molecule has 8 heteroatoms. The van der Waals surface area contributed by atoms with Gasteiger partial charge in [0.15, 0.2) is 0 Å². The molecule has 1 aromatic carbocycles. The lowest BCUT2D eigenvalue weighted by atomic mass is 9.92. The summed E-state index contributed by atoms with van der Waals surface area (Å²) in [5, 5.41) is 23.0. The molecule has 1 aliphatic rings. The van der Waals surface area contributed by atoms with E-state index in [0.29, 0.717) is 17.7 Å². The molecule has 1 unspecified atom stereocenters. The summed E-state index contributed by atoms with van der Waals surface area (Å²) in [7, 11) is 0. The Morgan fingerprint density at radius 1 is 1.37 bits per heavy atom. The lowest BCUT2D eigenvalue weighted by Crippen LogP contribution is -2.39. The number of aliphatic hydroxyl groups excluding tert-OH is 2. The van der Waals surface area contributed by atoms with Crippen LogP contribution in [-0.4, -0.2) is 56.0 Å². The zero-order chi connectivity index (χ0) is 21.1. The monoisotopic (exact) mass is 412 g/mol. The molecule has 4 rings (SSSR count). The molecule has 0 aliphatic heterocycles. The van der Waals surface area contributed by atoms with Crippen LogP contribution in [0.4, 0.5) is 0 Å². The van der Waals surface area contributed by atoms with Crippen molar-refractivity contribution in [2.75, 3.05) is 13.2 Å². The first-order chi connectivity index (χ1) is 14.6. The third-order valence-corrected chi connectivity index (χ3v) is 5.76. The number of H-pyrrole nitrogens is 1. The highest BCUT2D eigenvalue weighted by atomic mass is 16.5. The number of nitrogens with one attached hydrogen (secondary N) is 2. The summed E-state index contributed by atoms with van der Waals surface area (Å²) in [6.45, 7) is 2.10. The fraction of sp³-hybridized carbons (Fsp3) is 0.455. The largest absolute Gasteiger partial charge is 0.394 e. The van der Waals surface area contributed by atoms with Crippen LogP contribution in [0.15, 0.2) is 37.1 Å². The number of amides is 1. The number of carbonyl (C=O) groups excluding carboxylic acids is 1. The van der Waals surface area contributed by atoms with Gasteiger partial charge >= 0.3 is 0 Å². The number of aromatic amines is 1. The molecule has 160 valence electrons. The number of rotatable bonds is 7. The van der Waals surface area contributed by atoms with Gasteiger partial charge in [-0.05, 0) is 44.7 Å². The van der Waals surface area contributed by atoms with Gasteiger partial charge in [-0.25, -0.2) is 4.98 Å². The summed E-state index contributed by atoms with van der Waals surface area (Å²) in [5.41, 5.74) is 2.82. The number of imidazole rings is 1. The second kappa shape index (κ2) is 8.99. The Morgan fingerprint density at radius 3 is 2.83 bits per heavy atom. The van der Waals surface area contributed by atoms with Crippen LogP contribution in [0.25, 0.3) is 16.6 Å². The van der Waals surface area contributed by atoms with E-state index in [1.165, 1.54) is 0 Å². The van der Waals surface area contributed by atoms with Crippen LogP contribution in [0.2, 0.25) is 0 Å². The molecule has 1 atom stereocenters.